The van der Waals surface area contributed by atoms with E-state index >= 15 is 0 Å². The molecule has 2 amide bonds. The van der Waals surface area contributed by atoms with Crippen molar-refractivity contribution in [2.75, 3.05) is 19.0 Å². The van der Waals surface area contributed by atoms with E-state index in [1.807, 2.05) is 37.3 Å². The third kappa shape index (κ3) is 7.10. The lowest BCUT2D eigenvalue weighted by Crippen LogP contribution is -2.39. The van der Waals surface area contributed by atoms with Crippen LogP contribution in [0.4, 0.5) is 10.6 Å². The average molecular weight is 374 g/mol. The fourth-order valence-corrected chi connectivity index (χ4v) is 2.73. The molecule has 146 valence electrons. The zero-order valence-electron chi connectivity index (χ0n) is 15.6. The van der Waals surface area contributed by atoms with Crippen molar-refractivity contribution >= 4 is 17.8 Å². The second kappa shape index (κ2) is 10.3. The molecule has 0 saturated heterocycles. The number of carboxylic acid groups (broad SMARTS) is 1. The largest absolute Gasteiger partial charge is 0.481 e. The molecule has 8 nitrogen and oxygen atoms in total. The van der Waals surface area contributed by atoms with Gasteiger partial charge in [0, 0.05) is 31.8 Å². The van der Waals surface area contributed by atoms with Gasteiger partial charge in [-0.1, -0.05) is 30.3 Å². The van der Waals surface area contributed by atoms with Crippen LogP contribution in [0.3, 0.4) is 0 Å². The number of carbonyl (C=O) groups is 2. The van der Waals surface area contributed by atoms with Gasteiger partial charge in [-0.25, -0.2) is 4.79 Å². The highest BCUT2D eigenvalue weighted by molar-refractivity contribution is 5.88. The number of nitrogens with one attached hydrogen (secondary N) is 2. The Morgan fingerprint density at radius 2 is 2.00 bits per heavy atom. The molecule has 2 rings (SSSR count). The fourth-order valence-electron chi connectivity index (χ4n) is 2.73. The minimum atomic E-state index is -0.888. The molecular formula is C19H26N4O4. The van der Waals surface area contributed by atoms with E-state index < -0.39 is 12.0 Å². The van der Waals surface area contributed by atoms with Crippen molar-refractivity contribution in [3.63, 3.8) is 0 Å². The van der Waals surface area contributed by atoms with Crippen LogP contribution in [-0.4, -0.2) is 46.6 Å². The molecule has 27 heavy (non-hydrogen) atoms. The van der Waals surface area contributed by atoms with E-state index in [4.69, 9.17) is 9.84 Å². The Kier molecular flexibility index (Phi) is 7.81. The first kappa shape index (κ1) is 20.4. The lowest BCUT2D eigenvalue weighted by Gasteiger charge is -2.18. The number of ether oxygens (including phenoxy) is 1. The van der Waals surface area contributed by atoms with Crippen molar-refractivity contribution < 1.29 is 19.4 Å². The molecule has 0 aliphatic carbocycles. The van der Waals surface area contributed by atoms with Crippen LogP contribution < -0.4 is 10.6 Å². The van der Waals surface area contributed by atoms with E-state index in [1.54, 1.807) is 24.1 Å². The second-order valence-electron chi connectivity index (χ2n) is 6.40. The van der Waals surface area contributed by atoms with E-state index in [2.05, 4.69) is 15.7 Å². The Morgan fingerprint density at radius 1 is 1.26 bits per heavy atom. The van der Waals surface area contributed by atoms with Crippen LogP contribution in [0.2, 0.25) is 0 Å². The molecule has 0 bridgehead atoms. The first-order valence-corrected chi connectivity index (χ1v) is 8.85. The number of methoxy groups -OCH3 is 1. The number of carbonyl (C=O) groups excluding carboxylic acids is 1. The molecule has 1 heterocycles. The Labute approximate surface area is 158 Å². The molecule has 0 aliphatic heterocycles. The summed E-state index contributed by atoms with van der Waals surface area (Å²) in [5.74, 6) is -0.465. The molecule has 0 radical (unpaired) electrons. The van der Waals surface area contributed by atoms with Gasteiger partial charge in [0.1, 0.15) is 0 Å². The highest BCUT2D eigenvalue weighted by Gasteiger charge is 2.16. The topological polar surface area (TPSA) is 105 Å². The third-order valence-electron chi connectivity index (χ3n) is 4.08. The second-order valence-corrected chi connectivity index (χ2v) is 6.40. The first-order valence-electron chi connectivity index (χ1n) is 8.85. The molecule has 1 aromatic heterocycles. The van der Waals surface area contributed by atoms with Crippen LogP contribution in [0.15, 0.2) is 42.6 Å². The zero-order chi connectivity index (χ0) is 19.6. The maximum absolute atomic E-state index is 12.3. The summed E-state index contributed by atoms with van der Waals surface area (Å²) < 4.78 is 6.81. The molecule has 3 N–H and O–H groups in total. The zero-order valence-corrected chi connectivity index (χ0v) is 15.6. The number of aliphatic carboxylic acids is 1. The quantitative estimate of drug-likeness (QED) is 0.593. The maximum atomic E-state index is 12.3. The standard InChI is InChI=1S/C19H26N4O4/c1-14(13-27-2)23-11-10-17(22-23)21-19(26)20-16(8-9-18(24)25)12-15-6-4-3-5-7-15/h3-7,10-11,14,16H,8-9,12-13H2,1-2H3,(H,24,25)(H2,20,21,22,26). The number of amides is 2. The molecule has 8 heteroatoms. The van der Waals surface area contributed by atoms with Crippen molar-refractivity contribution in [1.29, 1.82) is 0 Å². The van der Waals surface area contributed by atoms with Crippen LogP contribution in [0.1, 0.15) is 31.4 Å². The van der Waals surface area contributed by atoms with Crippen LogP contribution in [-0.2, 0) is 16.0 Å². The van der Waals surface area contributed by atoms with E-state index in [9.17, 15) is 9.59 Å². The number of anilines is 1. The lowest BCUT2D eigenvalue weighted by molar-refractivity contribution is -0.137. The average Bonchev–Trinajstić information content (AvgIpc) is 3.09. The van der Waals surface area contributed by atoms with Gasteiger partial charge < -0.3 is 15.2 Å². The van der Waals surface area contributed by atoms with Crippen LogP contribution in [0, 0.1) is 0 Å². The van der Waals surface area contributed by atoms with Gasteiger partial charge in [-0.2, -0.15) is 5.10 Å². The van der Waals surface area contributed by atoms with Crippen LogP contribution in [0.25, 0.3) is 0 Å². The highest BCUT2D eigenvalue weighted by Crippen LogP contribution is 2.11. The predicted octanol–water partition coefficient (Wildman–Crippen LogP) is 2.69. The predicted molar refractivity (Wildman–Crippen MR) is 102 cm³/mol. The molecule has 0 spiro atoms. The van der Waals surface area contributed by atoms with Gasteiger partial charge in [-0.05, 0) is 25.3 Å². The maximum Gasteiger partial charge on any atom is 0.320 e. The van der Waals surface area contributed by atoms with Crippen molar-refractivity contribution in [1.82, 2.24) is 15.1 Å². The molecule has 2 unspecified atom stereocenters. The summed E-state index contributed by atoms with van der Waals surface area (Å²) >= 11 is 0. The number of hydrogen-bond acceptors (Lipinski definition) is 4. The molecule has 2 aromatic rings. The smallest absolute Gasteiger partial charge is 0.320 e. The monoisotopic (exact) mass is 374 g/mol. The summed E-state index contributed by atoms with van der Waals surface area (Å²) in [6.07, 6.45) is 2.66. The van der Waals surface area contributed by atoms with E-state index in [0.717, 1.165) is 5.56 Å². The minimum Gasteiger partial charge on any atom is -0.481 e. The Hall–Kier alpha value is -2.87. The number of urea groups is 1. The number of aromatic nitrogens is 2. The number of hydrogen-bond donors (Lipinski definition) is 3. The summed E-state index contributed by atoms with van der Waals surface area (Å²) in [5.41, 5.74) is 1.03. The SMILES string of the molecule is COCC(C)n1ccc(NC(=O)NC(CCC(=O)O)Cc2ccccc2)n1. The molecule has 0 aliphatic rings. The summed E-state index contributed by atoms with van der Waals surface area (Å²) in [5, 5.41) is 18.8. The summed E-state index contributed by atoms with van der Waals surface area (Å²) in [4.78, 5) is 23.2. The molecular weight excluding hydrogens is 348 g/mol. The number of nitrogens with zero attached hydrogens (tertiary/aromatic N) is 2. The molecule has 0 saturated carbocycles. The summed E-state index contributed by atoms with van der Waals surface area (Å²) in [6, 6.07) is 10.7. The Bertz CT molecular complexity index is 732. The number of carboxylic acids is 1. The minimum absolute atomic E-state index is 0.0130. The third-order valence-corrected chi connectivity index (χ3v) is 4.08. The summed E-state index contributed by atoms with van der Waals surface area (Å²) in [7, 11) is 1.62. The van der Waals surface area contributed by atoms with Crippen molar-refractivity contribution in [2.24, 2.45) is 0 Å². The van der Waals surface area contributed by atoms with Gasteiger partial charge in [-0.3, -0.25) is 14.8 Å². The first-order chi connectivity index (χ1) is 13.0. The van der Waals surface area contributed by atoms with Gasteiger partial charge in [0.25, 0.3) is 0 Å². The Balaban J connectivity index is 1.94. The van der Waals surface area contributed by atoms with Gasteiger partial charge >= 0.3 is 12.0 Å². The Morgan fingerprint density at radius 3 is 2.67 bits per heavy atom. The molecule has 0 fully saturated rings. The normalized spacial score (nSPS) is 13.0. The van der Waals surface area contributed by atoms with Crippen molar-refractivity contribution in [3.05, 3.63) is 48.2 Å². The summed E-state index contributed by atoms with van der Waals surface area (Å²) in [6.45, 7) is 2.48. The number of rotatable bonds is 10. The highest BCUT2D eigenvalue weighted by atomic mass is 16.5. The molecule has 2 atom stereocenters. The van der Waals surface area contributed by atoms with Crippen molar-refractivity contribution in [2.45, 2.75) is 38.3 Å². The van der Waals surface area contributed by atoms with E-state index in [-0.39, 0.29) is 18.5 Å². The van der Waals surface area contributed by atoms with Gasteiger partial charge in [-0.15, -0.1) is 0 Å². The van der Waals surface area contributed by atoms with E-state index in [0.29, 0.717) is 25.3 Å². The van der Waals surface area contributed by atoms with E-state index in [1.165, 1.54) is 0 Å². The number of benzene rings is 1. The van der Waals surface area contributed by atoms with Crippen molar-refractivity contribution in [3.8, 4) is 0 Å². The van der Waals surface area contributed by atoms with Crippen LogP contribution in [0.5, 0.6) is 0 Å². The fraction of sp³-hybridized carbons (Fsp3) is 0.421. The van der Waals surface area contributed by atoms with Gasteiger partial charge in [0.15, 0.2) is 5.82 Å². The molecule has 1 aromatic carbocycles. The van der Waals surface area contributed by atoms with Gasteiger partial charge in [0.05, 0.1) is 12.6 Å². The van der Waals surface area contributed by atoms with Crippen LogP contribution >= 0.6 is 0 Å². The lowest BCUT2D eigenvalue weighted by atomic mass is 10.0. The van der Waals surface area contributed by atoms with Gasteiger partial charge in [0.2, 0.25) is 0 Å².